The molecular formula is C7H6N2S. The van der Waals surface area contributed by atoms with Crippen molar-refractivity contribution in [2.24, 2.45) is 4.99 Å². The maximum atomic E-state index is 4.15. The lowest BCUT2D eigenvalue weighted by Gasteiger charge is -2.05. The second-order valence-electron chi connectivity index (χ2n) is 1.97. The Morgan fingerprint density at radius 2 is 2.50 bits per heavy atom. The zero-order chi connectivity index (χ0) is 6.81. The number of hydrogen-bond acceptors (Lipinski definition) is 3. The molecule has 1 aliphatic heterocycles. The third kappa shape index (κ3) is 0.926. The van der Waals surface area contributed by atoms with Gasteiger partial charge in [0.25, 0.3) is 0 Å². The molecule has 0 spiro atoms. The molecule has 10 heavy (non-hydrogen) atoms. The van der Waals surface area contributed by atoms with E-state index in [2.05, 4.69) is 16.0 Å². The average Bonchev–Trinajstić information content (AvgIpc) is 2.05. The van der Waals surface area contributed by atoms with Crippen LogP contribution >= 0.6 is 11.8 Å². The number of pyridine rings is 1. The van der Waals surface area contributed by atoms with E-state index < -0.39 is 0 Å². The van der Waals surface area contributed by atoms with Crippen LogP contribution in [0.5, 0.6) is 0 Å². The number of aliphatic imine (C=N–C) groups is 1. The van der Waals surface area contributed by atoms with E-state index in [-0.39, 0.29) is 0 Å². The maximum absolute atomic E-state index is 4.15. The van der Waals surface area contributed by atoms with Crippen LogP contribution in [-0.2, 0) is 0 Å². The van der Waals surface area contributed by atoms with E-state index in [1.54, 1.807) is 18.0 Å². The van der Waals surface area contributed by atoms with E-state index >= 15 is 0 Å². The van der Waals surface area contributed by atoms with E-state index in [4.69, 9.17) is 0 Å². The second-order valence-corrected chi connectivity index (χ2v) is 2.96. The van der Waals surface area contributed by atoms with Gasteiger partial charge in [0.15, 0.2) is 0 Å². The lowest BCUT2D eigenvalue weighted by molar-refractivity contribution is 1.18. The smallest absolute Gasteiger partial charge is 0.0944 e. The SMILES string of the molecule is C1=NCSc2cccnc21. The highest BCUT2D eigenvalue weighted by Gasteiger charge is 2.03. The minimum absolute atomic E-state index is 0.832. The Morgan fingerprint density at radius 3 is 3.40 bits per heavy atom. The number of thioether (sulfide) groups is 1. The van der Waals surface area contributed by atoms with E-state index in [9.17, 15) is 0 Å². The lowest BCUT2D eigenvalue weighted by atomic mass is 10.4. The predicted octanol–water partition coefficient (Wildman–Crippen LogP) is 1.56. The molecule has 1 aliphatic rings. The Hall–Kier alpha value is -0.830. The van der Waals surface area contributed by atoms with E-state index in [1.165, 1.54) is 4.90 Å². The summed E-state index contributed by atoms with van der Waals surface area (Å²) in [5.41, 5.74) is 0.999. The van der Waals surface area contributed by atoms with Crippen LogP contribution in [0.1, 0.15) is 5.69 Å². The summed E-state index contributed by atoms with van der Waals surface area (Å²) in [6, 6.07) is 4.02. The molecule has 2 heterocycles. The molecule has 1 aromatic heterocycles. The second kappa shape index (κ2) is 2.42. The molecule has 0 bridgehead atoms. The van der Waals surface area contributed by atoms with E-state index in [0.29, 0.717) is 0 Å². The summed E-state index contributed by atoms with van der Waals surface area (Å²) < 4.78 is 0. The molecule has 0 aliphatic carbocycles. The molecule has 3 heteroatoms. The minimum atomic E-state index is 0.832. The fourth-order valence-electron chi connectivity index (χ4n) is 0.852. The highest BCUT2D eigenvalue weighted by Crippen LogP contribution is 2.22. The Balaban J connectivity index is 2.54. The first kappa shape index (κ1) is 5.92. The van der Waals surface area contributed by atoms with Crippen LogP contribution in [-0.4, -0.2) is 17.1 Å². The maximum Gasteiger partial charge on any atom is 0.0944 e. The standard InChI is InChI=1S/C7H6N2S/c1-2-7-6(9-3-1)4-8-5-10-7/h1-4H,5H2. The Morgan fingerprint density at radius 1 is 1.50 bits per heavy atom. The third-order valence-corrected chi connectivity index (χ3v) is 2.24. The fraction of sp³-hybridized carbons (Fsp3) is 0.143. The van der Waals surface area contributed by atoms with Crippen LogP contribution in [0.25, 0.3) is 0 Å². The van der Waals surface area contributed by atoms with Gasteiger partial charge in [0.2, 0.25) is 0 Å². The normalized spacial score (nSPS) is 14.8. The molecule has 50 valence electrons. The van der Waals surface area contributed by atoms with Crippen molar-refractivity contribution in [2.45, 2.75) is 4.90 Å². The van der Waals surface area contributed by atoms with E-state index in [0.717, 1.165) is 11.6 Å². The number of rotatable bonds is 0. The molecule has 2 rings (SSSR count). The van der Waals surface area contributed by atoms with Gasteiger partial charge in [-0.2, -0.15) is 0 Å². The van der Waals surface area contributed by atoms with Gasteiger partial charge in [0.05, 0.1) is 11.6 Å². The van der Waals surface area contributed by atoms with Crippen molar-refractivity contribution < 1.29 is 0 Å². The zero-order valence-electron chi connectivity index (χ0n) is 5.32. The molecule has 1 aromatic rings. The quantitative estimate of drug-likeness (QED) is 0.560. The molecule has 2 nitrogen and oxygen atoms in total. The summed E-state index contributed by atoms with van der Waals surface area (Å²) in [5.74, 6) is 0.832. The third-order valence-electron chi connectivity index (χ3n) is 1.31. The fourth-order valence-corrected chi connectivity index (χ4v) is 1.57. The van der Waals surface area contributed by atoms with Crippen molar-refractivity contribution in [2.75, 3.05) is 5.88 Å². The van der Waals surface area contributed by atoms with Crippen molar-refractivity contribution >= 4 is 18.0 Å². The molecule has 0 saturated heterocycles. The van der Waals surface area contributed by atoms with Crippen molar-refractivity contribution in [1.29, 1.82) is 0 Å². The molecule has 0 radical (unpaired) electrons. The van der Waals surface area contributed by atoms with Crippen LogP contribution < -0.4 is 0 Å². The number of aromatic nitrogens is 1. The summed E-state index contributed by atoms with van der Waals surface area (Å²) >= 11 is 1.73. The number of nitrogens with zero attached hydrogens (tertiary/aromatic N) is 2. The molecular weight excluding hydrogens is 144 g/mol. The molecule has 0 unspecified atom stereocenters. The predicted molar refractivity (Wildman–Crippen MR) is 42.6 cm³/mol. The van der Waals surface area contributed by atoms with Gasteiger partial charge in [-0.25, -0.2) is 0 Å². The zero-order valence-corrected chi connectivity index (χ0v) is 6.14. The van der Waals surface area contributed by atoms with Crippen molar-refractivity contribution in [3.05, 3.63) is 24.0 Å². The van der Waals surface area contributed by atoms with Gasteiger partial charge in [0, 0.05) is 17.3 Å². The summed E-state index contributed by atoms with van der Waals surface area (Å²) in [4.78, 5) is 9.48. The van der Waals surface area contributed by atoms with Crippen molar-refractivity contribution in [3.8, 4) is 0 Å². The summed E-state index contributed by atoms with van der Waals surface area (Å²) in [7, 11) is 0. The summed E-state index contributed by atoms with van der Waals surface area (Å²) in [5, 5.41) is 0. The molecule has 0 aromatic carbocycles. The largest absolute Gasteiger partial charge is 0.280 e. The van der Waals surface area contributed by atoms with Gasteiger partial charge in [0.1, 0.15) is 0 Å². The van der Waals surface area contributed by atoms with Crippen LogP contribution in [0.4, 0.5) is 0 Å². The Bertz CT molecular complexity index is 270. The van der Waals surface area contributed by atoms with E-state index in [1.807, 2.05) is 12.3 Å². The van der Waals surface area contributed by atoms with Gasteiger partial charge >= 0.3 is 0 Å². The summed E-state index contributed by atoms with van der Waals surface area (Å²) in [6.45, 7) is 0. The first-order chi connectivity index (χ1) is 4.97. The minimum Gasteiger partial charge on any atom is -0.280 e. The van der Waals surface area contributed by atoms with Crippen LogP contribution in [0, 0.1) is 0 Å². The monoisotopic (exact) mass is 150 g/mol. The molecule has 0 fully saturated rings. The van der Waals surface area contributed by atoms with Crippen LogP contribution in [0.2, 0.25) is 0 Å². The van der Waals surface area contributed by atoms with Crippen molar-refractivity contribution in [3.63, 3.8) is 0 Å². The Labute approximate surface area is 63.4 Å². The lowest BCUT2D eigenvalue weighted by Crippen LogP contribution is -1.95. The first-order valence-corrected chi connectivity index (χ1v) is 4.03. The molecule has 0 amide bonds. The van der Waals surface area contributed by atoms with Gasteiger partial charge in [-0.15, -0.1) is 11.8 Å². The van der Waals surface area contributed by atoms with Crippen LogP contribution in [0.15, 0.2) is 28.2 Å². The summed E-state index contributed by atoms with van der Waals surface area (Å²) in [6.07, 6.45) is 3.61. The van der Waals surface area contributed by atoms with Crippen molar-refractivity contribution in [1.82, 2.24) is 4.98 Å². The average molecular weight is 150 g/mol. The molecule has 0 atom stereocenters. The highest BCUT2D eigenvalue weighted by atomic mass is 32.2. The highest BCUT2D eigenvalue weighted by molar-refractivity contribution is 7.99. The topological polar surface area (TPSA) is 25.2 Å². The number of fused-ring (bicyclic) bond motifs is 1. The molecule has 0 saturated carbocycles. The van der Waals surface area contributed by atoms with Gasteiger partial charge < -0.3 is 0 Å². The van der Waals surface area contributed by atoms with Gasteiger partial charge in [-0.05, 0) is 12.1 Å². The first-order valence-electron chi connectivity index (χ1n) is 3.04. The number of hydrogen-bond donors (Lipinski definition) is 0. The molecule has 0 N–H and O–H groups in total. The van der Waals surface area contributed by atoms with Gasteiger partial charge in [-0.1, -0.05) is 0 Å². The van der Waals surface area contributed by atoms with Gasteiger partial charge in [-0.3, -0.25) is 9.98 Å². The van der Waals surface area contributed by atoms with Crippen LogP contribution in [0.3, 0.4) is 0 Å². The Kier molecular flexibility index (Phi) is 1.43.